The van der Waals surface area contributed by atoms with Gasteiger partial charge < -0.3 is 10.1 Å². The molecule has 2 atom stereocenters. The van der Waals surface area contributed by atoms with Crippen LogP contribution in [0.5, 0.6) is 0 Å². The molecule has 0 aliphatic carbocycles. The van der Waals surface area contributed by atoms with Crippen molar-refractivity contribution < 1.29 is 4.74 Å². The molecule has 19 heavy (non-hydrogen) atoms. The minimum Gasteiger partial charge on any atom is -0.372 e. The number of benzene rings is 1. The summed E-state index contributed by atoms with van der Waals surface area (Å²) in [5.74, 6) is 0. The van der Waals surface area contributed by atoms with Crippen LogP contribution in [0.3, 0.4) is 0 Å². The Balaban J connectivity index is 1.64. The maximum atomic E-state index is 5.86. The zero-order valence-corrected chi connectivity index (χ0v) is 10.8. The number of ether oxygens (including phenoxy) is 1. The Labute approximate surface area is 113 Å². The van der Waals surface area contributed by atoms with Crippen molar-refractivity contribution in [3.05, 3.63) is 66.0 Å². The normalized spacial score (nSPS) is 22.5. The van der Waals surface area contributed by atoms with Crippen LogP contribution in [0.25, 0.3) is 0 Å². The first-order chi connectivity index (χ1) is 9.43. The van der Waals surface area contributed by atoms with Crippen molar-refractivity contribution in [1.82, 2.24) is 10.3 Å². The Morgan fingerprint density at radius 3 is 2.74 bits per heavy atom. The second kappa shape index (κ2) is 5.95. The van der Waals surface area contributed by atoms with Crippen molar-refractivity contribution in [3.63, 3.8) is 0 Å². The van der Waals surface area contributed by atoms with Gasteiger partial charge in [0.05, 0.1) is 11.8 Å². The third kappa shape index (κ3) is 3.00. The van der Waals surface area contributed by atoms with Gasteiger partial charge in [-0.15, -0.1) is 0 Å². The highest BCUT2D eigenvalue weighted by Crippen LogP contribution is 2.29. The predicted octanol–water partition coefficient (Wildman–Crippen LogP) is 2.70. The van der Waals surface area contributed by atoms with E-state index >= 15 is 0 Å². The van der Waals surface area contributed by atoms with Crippen LogP contribution < -0.4 is 5.32 Å². The average molecular weight is 254 g/mol. The predicted molar refractivity (Wildman–Crippen MR) is 74.6 cm³/mol. The molecule has 1 N–H and O–H groups in total. The van der Waals surface area contributed by atoms with Gasteiger partial charge in [-0.3, -0.25) is 4.98 Å². The average Bonchev–Trinajstić information content (AvgIpc) is 2.95. The van der Waals surface area contributed by atoms with Crippen LogP contribution in [0, 0.1) is 0 Å². The summed E-state index contributed by atoms with van der Waals surface area (Å²) in [5.41, 5.74) is 2.32. The number of nitrogens with zero attached hydrogens (tertiary/aromatic N) is 1. The van der Waals surface area contributed by atoms with E-state index in [1.807, 2.05) is 30.5 Å². The van der Waals surface area contributed by atoms with Crippen molar-refractivity contribution in [2.45, 2.75) is 25.1 Å². The van der Waals surface area contributed by atoms with Crippen LogP contribution in [0.1, 0.15) is 23.8 Å². The number of nitrogens with one attached hydrogen (secondary N) is 1. The molecule has 1 fully saturated rings. The fraction of sp³-hybridized carbons (Fsp3) is 0.312. The lowest BCUT2D eigenvalue weighted by Gasteiger charge is -2.20. The zero-order valence-electron chi connectivity index (χ0n) is 10.8. The van der Waals surface area contributed by atoms with Crippen LogP contribution in [-0.4, -0.2) is 17.6 Å². The van der Waals surface area contributed by atoms with Crippen molar-refractivity contribution in [2.24, 2.45) is 0 Å². The molecular formula is C16H18N2O. The first kappa shape index (κ1) is 12.3. The quantitative estimate of drug-likeness (QED) is 0.911. The number of pyridine rings is 1. The van der Waals surface area contributed by atoms with Gasteiger partial charge >= 0.3 is 0 Å². The largest absolute Gasteiger partial charge is 0.372 e. The zero-order chi connectivity index (χ0) is 12.9. The Morgan fingerprint density at radius 2 is 1.95 bits per heavy atom. The van der Waals surface area contributed by atoms with Gasteiger partial charge in [0.25, 0.3) is 0 Å². The first-order valence-corrected chi connectivity index (χ1v) is 6.73. The lowest BCUT2D eigenvalue weighted by molar-refractivity contribution is 0.0984. The molecular weight excluding hydrogens is 236 g/mol. The van der Waals surface area contributed by atoms with Gasteiger partial charge in [0, 0.05) is 25.4 Å². The van der Waals surface area contributed by atoms with Crippen LogP contribution >= 0.6 is 0 Å². The van der Waals surface area contributed by atoms with E-state index in [2.05, 4.69) is 34.6 Å². The molecule has 2 aromatic rings. The Kier molecular flexibility index (Phi) is 3.86. The number of hydrogen-bond donors (Lipinski definition) is 1. The third-order valence-corrected chi connectivity index (χ3v) is 3.49. The topological polar surface area (TPSA) is 34.1 Å². The Hall–Kier alpha value is -1.71. The summed E-state index contributed by atoms with van der Waals surface area (Å²) in [7, 11) is 0. The number of hydrogen-bond acceptors (Lipinski definition) is 3. The van der Waals surface area contributed by atoms with Gasteiger partial charge in [-0.05, 0) is 24.1 Å². The summed E-state index contributed by atoms with van der Waals surface area (Å²) >= 11 is 0. The molecule has 0 spiro atoms. The second-order valence-electron chi connectivity index (χ2n) is 4.80. The van der Waals surface area contributed by atoms with Crippen molar-refractivity contribution in [3.8, 4) is 0 Å². The summed E-state index contributed by atoms with van der Waals surface area (Å²) < 4.78 is 5.86. The molecule has 1 aliphatic rings. The fourth-order valence-corrected chi connectivity index (χ4v) is 2.51. The second-order valence-corrected chi connectivity index (χ2v) is 4.80. The molecule has 3 heteroatoms. The molecule has 1 aromatic carbocycles. The van der Waals surface area contributed by atoms with Crippen LogP contribution in [0.2, 0.25) is 0 Å². The molecule has 2 unspecified atom stereocenters. The van der Waals surface area contributed by atoms with E-state index in [9.17, 15) is 0 Å². The summed E-state index contributed by atoms with van der Waals surface area (Å²) in [4.78, 5) is 4.33. The molecule has 1 saturated heterocycles. The summed E-state index contributed by atoms with van der Waals surface area (Å²) in [6.45, 7) is 1.61. The first-order valence-electron chi connectivity index (χ1n) is 6.73. The van der Waals surface area contributed by atoms with Crippen LogP contribution in [0.4, 0.5) is 0 Å². The number of aromatic nitrogens is 1. The Morgan fingerprint density at radius 1 is 1.11 bits per heavy atom. The van der Waals surface area contributed by atoms with Crippen LogP contribution in [0.15, 0.2) is 54.7 Å². The molecule has 3 rings (SSSR count). The molecule has 0 amide bonds. The molecule has 3 nitrogen and oxygen atoms in total. The van der Waals surface area contributed by atoms with Gasteiger partial charge in [-0.1, -0.05) is 36.4 Å². The van der Waals surface area contributed by atoms with E-state index in [0.717, 1.165) is 25.3 Å². The maximum absolute atomic E-state index is 5.86. The van der Waals surface area contributed by atoms with E-state index in [0.29, 0.717) is 6.04 Å². The SMILES string of the molecule is c1ccc(C2OCCC2NCc2ccccn2)cc1. The molecule has 98 valence electrons. The fourth-order valence-electron chi connectivity index (χ4n) is 2.51. The van der Waals surface area contributed by atoms with Gasteiger partial charge in [-0.25, -0.2) is 0 Å². The molecule has 0 radical (unpaired) electrons. The summed E-state index contributed by atoms with van der Waals surface area (Å²) in [6, 6.07) is 16.8. The van der Waals surface area contributed by atoms with Crippen molar-refractivity contribution >= 4 is 0 Å². The highest BCUT2D eigenvalue weighted by Gasteiger charge is 2.28. The Bertz CT molecular complexity index is 501. The molecule has 1 aliphatic heterocycles. The smallest absolute Gasteiger partial charge is 0.0978 e. The van der Waals surface area contributed by atoms with Gasteiger partial charge in [0.2, 0.25) is 0 Å². The molecule has 0 bridgehead atoms. The third-order valence-electron chi connectivity index (χ3n) is 3.49. The highest BCUT2D eigenvalue weighted by atomic mass is 16.5. The van der Waals surface area contributed by atoms with Crippen molar-refractivity contribution in [2.75, 3.05) is 6.61 Å². The molecule has 0 saturated carbocycles. The van der Waals surface area contributed by atoms with E-state index in [-0.39, 0.29) is 6.10 Å². The van der Waals surface area contributed by atoms with Crippen LogP contribution in [-0.2, 0) is 11.3 Å². The van der Waals surface area contributed by atoms with E-state index in [4.69, 9.17) is 4.74 Å². The number of rotatable bonds is 4. The molecule has 1 aromatic heterocycles. The van der Waals surface area contributed by atoms with Gasteiger partial charge in [0.1, 0.15) is 0 Å². The molecule has 2 heterocycles. The summed E-state index contributed by atoms with van der Waals surface area (Å²) in [6.07, 6.45) is 3.04. The van der Waals surface area contributed by atoms with E-state index in [1.165, 1.54) is 5.56 Å². The van der Waals surface area contributed by atoms with Gasteiger partial charge in [-0.2, -0.15) is 0 Å². The lowest BCUT2D eigenvalue weighted by atomic mass is 10.0. The van der Waals surface area contributed by atoms with Gasteiger partial charge in [0.15, 0.2) is 0 Å². The lowest BCUT2D eigenvalue weighted by Crippen LogP contribution is -2.31. The monoisotopic (exact) mass is 254 g/mol. The van der Waals surface area contributed by atoms with E-state index in [1.54, 1.807) is 0 Å². The standard InChI is InChI=1S/C16H18N2O/c1-2-6-13(7-3-1)16-15(9-11-19-16)18-12-14-8-4-5-10-17-14/h1-8,10,15-16,18H,9,11-12H2. The van der Waals surface area contributed by atoms with E-state index < -0.39 is 0 Å². The minimum absolute atomic E-state index is 0.157. The highest BCUT2D eigenvalue weighted by molar-refractivity contribution is 5.20. The maximum Gasteiger partial charge on any atom is 0.0978 e. The minimum atomic E-state index is 0.157. The van der Waals surface area contributed by atoms with Crippen molar-refractivity contribution in [1.29, 1.82) is 0 Å². The summed E-state index contributed by atoms with van der Waals surface area (Å²) in [5, 5.41) is 3.56.